The van der Waals surface area contributed by atoms with Crippen LogP contribution in [0.3, 0.4) is 0 Å². The number of hydrogen-bond donors (Lipinski definition) is 1. The number of nitrogens with zero attached hydrogens (tertiary/aromatic N) is 1. The topological polar surface area (TPSA) is 42.4 Å². The van der Waals surface area contributed by atoms with Crippen molar-refractivity contribution >= 4 is 15.9 Å². The molecule has 0 aliphatic rings. The van der Waals surface area contributed by atoms with Gasteiger partial charge in [-0.25, -0.2) is 4.39 Å². The summed E-state index contributed by atoms with van der Waals surface area (Å²) in [5.41, 5.74) is 0.556. The van der Waals surface area contributed by atoms with Crippen LogP contribution >= 0.6 is 15.9 Å². The highest BCUT2D eigenvalue weighted by molar-refractivity contribution is 9.10. The second kappa shape index (κ2) is 5.46. The van der Waals surface area contributed by atoms with Crippen LogP contribution < -0.4 is 4.74 Å². The molecule has 0 aliphatic carbocycles. The van der Waals surface area contributed by atoms with Crippen LogP contribution in [0.25, 0.3) is 0 Å². The lowest BCUT2D eigenvalue weighted by Gasteiger charge is -2.09. The highest BCUT2D eigenvalue weighted by Crippen LogP contribution is 2.30. The Kier molecular flexibility index (Phi) is 3.93. The van der Waals surface area contributed by atoms with Crippen molar-refractivity contribution < 1.29 is 14.2 Å². The predicted molar refractivity (Wildman–Crippen MR) is 69.0 cm³/mol. The lowest BCUT2D eigenvalue weighted by atomic mass is 10.2. The summed E-state index contributed by atoms with van der Waals surface area (Å²) in [5.74, 6) is 0.481. The number of halogens is 2. The van der Waals surface area contributed by atoms with Gasteiger partial charge in [-0.05, 0) is 47.1 Å². The molecule has 2 rings (SSSR count). The van der Waals surface area contributed by atoms with Crippen LogP contribution in [0.15, 0.2) is 41.0 Å². The largest absolute Gasteiger partial charge is 0.454 e. The van der Waals surface area contributed by atoms with Gasteiger partial charge < -0.3 is 9.84 Å². The summed E-state index contributed by atoms with van der Waals surface area (Å²) in [4.78, 5) is 4.04. The van der Waals surface area contributed by atoms with Crippen molar-refractivity contribution in [2.45, 2.75) is 13.0 Å². The first-order valence-corrected chi connectivity index (χ1v) is 6.12. The molecule has 94 valence electrons. The van der Waals surface area contributed by atoms with Gasteiger partial charge in [-0.15, -0.1) is 0 Å². The molecule has 0 fully saturated rings. The molecule has 0 bridgehead atoms. The normalized spacial score (nSPS) is 12.2. The van der Waals surface area contributed by atoms with E-state index in [-0.39, 0.29) is 5.82 Å². The molecular weight excluding hydrogens is 301 g/mol. The Morgan fingerprint density at radius 3 is 2.72 bits per heavy atom. The third-order valence-corrected chi connectivity index (χ3v) is 2.96. The van der Waals surface area contributed by atoms with Crippen LogP contribution in [0.4, 0.5) is 4.39 Å². The first-order valence-electron chi connectivity index (χ1n) is 5.33. The standard InChI is InChI=1S/C13H11BrFNO2/c1-8(17)12-5-3-10(7-16-12)18-13-6-9(15)2-4-11(13)14/h2-8,17H,1H3/t8-/m0/s1. The molecule has 2 aromatic rings. The lowest BCUT2D eigenvalue weighted by molar-refractivity contribution is 0.194. The number of ether oxygens (including phenoxy) is 1. The van der Waals surface area contributed by atoms with Gasteiger partial charge in [-0.2, -0.15) is 0 Å². The van der Waals surface area contributed by atoms with Crippen LogP contribution in [0, 0.1) is 5.82 Å². The number of aliphatic hydroxyl groups excluding tert-OH is 1. The van der Waals surface area contributed by atoms with E-state index in [1.165, 1.54) is 18.3 Å². The number of rotatable bonds is 3. The van der Waals surface area contributed by atoms with E-state index >= 15 is 0 Å². The first-order chi connectivity index (χ1) is 8.56. The van der Waals surface area contributed by atoms with Gasteiger partial charge in [0.15, 0.2) is 0 Å². The smallest absolute Gasteiger partial charge is 0.145 e. The van der Waals surface area contributed by atoms with Crippen molar-refractivity contribution in [2.24, 2.45) is 0 Å². The van der Waals surface area contributed by atoms with E-state index in [9.17, 15) is 9.50 Å². The first kappa shape index (κ1) is 13.0. The fraction of sp³-hybridized carbons (Fsp3) is 0.154. The molecule has 0 radical (unpaired) electrons. The molecule has 0 unspecified atom stereocenters. The van der Waals surface area contributed by atoms with Gasteiger partial charge in [0.2, 0.25) is 0 Å². The molecule has 0 aliphatic heterocycles. The minimum atomic E-state index is -0.625. The fourth-order valence-corrected chi connectivity index (χ4v) is 1.71. The molecule has 3 nitrogen and oxygen atoms in total. The second-order valence-electron chi connectivity index (χ2n) is 3.77. The Labute approximate surface area is 112 Å². The molecule has 0 saturated heterocycles. The molecule has 0 saturated carbocycles. The number of benzene rings is 1. The van der Waals surface area contributed by atoms with Crippen molar-refractivity contribution in [3.8, 4) is 11.5 Å². The molecule has 1 aromatic heterocycles. The summed E-state index contributed by atoms with van der Waals surface area (Å²) >= 11 is 3.27. The zero-order valence-electron chi connectivity index (χ0n) is 9.60. The minimum absolute atomic E-state index is 0.373. The van der Waals surface area contributed by atoms with Crippen molar-refractivity contribution in [1.82, 2.24) is 4.98 Å². The van der Waals surface area contributed by atoms with Gasteiger partial charge in [-0.1, -0.05) is 0 Å². The van der Waals surface area contributed by atoms with E-state index in [0.717, 1.165) is 0 Å². The Hall–Kier alpha value is -1.46. The van der Waals surface area contributed by atoms with E-state index in [1.807, 2.05) is 0 Å². The molecule has 18 heavy (non-hydrogen) atoms. The average molecular weight is 312 g/mol. The van der Waals surface area contributed by atoms with Gasteiger partial charge >= 0.3 is 0 Å². The van der Waals surface area contributed by atoms with E-state index in [0.29, 0.717) is 21.7 Å². The van der Waals surface area contributed by atoms with E-state index in [2.05, 4.69) is 20.9 Å². The maximum atomic E-state index is 13.1. The molecule has 1 aromatic carbocycles. The minimum Gasteiger partial charge on any atom is -0.454 e. The van der Waals surface area contributed by atoms with Crippen LogP contribution in [0.1, 0.15) is 18.7 Å². The predicted octanol–water partition coefficient (Wildman–Crippen LogP) is 3.83. The summed E-state index contributed by atoms with van der Waals surface area (Å²) in [6, 6.07) is 7.53. The lowest BCUT2D eigenvalue weighted by Crippen LogP contribution is -1.95. The van der Waals surface area contributed by atoms with E-state index in [4.69, 9.17) is 4.74 Å². The third-order valence-electron chi connectivity index (χ3n) is 2.31. The molecule has 0 amide bonds. The van der Waals surface area contributed by atoms with Crippen molar-refractivity contribution in [1.29, 1.82) is 0 Å². The molecule has 1 heterocycles. The fourth-order valence-electron chi connectivity index (χ4n) is 1.38. The number of aromatic nitrogens is 1. The van der Waals surface area contributed by atoms with Gasteiger partial charge in [0.1, 0.15) is 17.3 Å². The molecule has 0 spiro atoms. The SMILES string of the molecule is C[C@H](O)c1ccc(Oc2cc(F)ccc2Br)cn1. The molecule has 1 atom stereocenters. The van der Waals surface area contributed by atoms with Gasteiger partial charge in [-0.3, -0.25) is 4.98 Å². The summed E-state index contributed by atoms with van der Waals surface area (Å²) in [7, 11) is 0. The van der Waals surface area contributed by atoms with Gasteiger partial charge in [0.05, 0.1) is 22.5 Å². The monoisotopic (exact) mass is 311 g/mol. The van der Waals surface area contributed by atoms with Crippen LogP contribution in [-0.2, 0) is 0 Å². The summed E-state index contributed by atoms with van der Waals surface area (Å²) < 4.78 is 19.2. The highest BCUT2D eigenvalue weighted by atomic mass is 79.9. The Morgan fingerprint density at radius 2 is 2.11 bits per heavy atom. The van der Waals surface area contributed by atoms with Crippen LogP contribution in [-0.4, -0.2) is 10.1 Å². The van der Waals surface area contributed by atoms with E-state index < -0.39 is 6.10 Å². The second-order valence-corrected chi connectivity index (χ2v) is 4.63. The Balaban J connectivity index is 2.21. The van der Waals surface area contributed by atoms with Gasteiger partial charge in [0, 0.05) is 6.07 Å². The zero-order chi connectivity index (χ0) is 13.1. The maximum absolute atomic E-state index is 13.1. The molecule has 1 N–H and O–H groups in total. The average Bonchev–Trinajstić information content (AvgIpc) is 2.34. The quantitative estimate of drug-likeness (QED) is 0.936. The maximum Gasteiger partial charge on any atom is 0.145 e. The van der Waals surface area contributed by atoms with Crippen molar-refractivity contribution in [3.05, 3.63) is 52.5 Å². The molecular formula is C13H11BrFNO2. The van der Waals surface area contributed by atoms with Crippen LogP contribution in [0.5, 0.6) is 11.5 Å². The Morgan fingerprint density at radius 1 is 1.33 bits per heavy atom. The number of aliphatic hydroxyl groups is 1. The summed E-state index contributed by atoms with van der Waals surface area (Å²) in [6.07, 6.45) is 0.860. The summed E-state index contributed by atoms with van der Waals surface area (Å²) in [5, 5.41) is 9.32. The number of pyridine rings is 1. The highest BCUT2D eigenvalue weighted by Gasteiger charge is 2.06. The van der Waals surface area contributed by atoms with E-state index in [1.54, 1.807) is 25.1 Å². The zero-order valence-corrected chi connectivity index (χ0v) is 11.2. The molecule has 5 heteroatoms. The van der Waals surface area contributed by atoms with Gasteiger partial charge in [0.25, 0.3) is 0 Å². The van der Waals surface area contributed by atoms with Crippen molar-refractivity contribution in [2.75, 3.05) is 0 Å². The van der Waals surface area contributed by atoms with Crippen molar-refractivity contribution in [3.63, 3.8) is 0 Å². The third kappa shape index (κ3) is 3.05. The Bertz CT molecular complexity index is 543. The van der Waals surface area contributed by atoms with Crippen LogP contribution in [0.2, 0.25) is 0 Å². The number of hydrogen-bond acceptors (Lipinski definition) is 3. The summed E-state index contributed by atoms with van der Waals surface area (Å²) in [6.45, 7) is 1.63.